The molecule has 1 aromatic heterocycles. The Morgan fingerprint density at radius 1 is 1.48 bits per heavy atom. The van der Waals surface area contributed by atoms with Crippen molar-refractivity contribution in [2.24, 2.45) is 5.73 Å². The summed E-state index contributed by atoms with van der Waals surface area (Å²) in [5.41, 5.74) is 9.40. The van der Waals surface area contributed by atoms with Crippen LogP contribution in [0.3, 0.4) is 0 Å². The molecule has 25 heavy (non-hydrogen) atoms. The van der Waals surface area contributed by atoms with E-state index in [-0.39, 0.29) is 31.0 Å². The van der Waals surface area contributed by atoms with Gasteiger partial charge in [-0.2, -0.15) is 5.10 Å². The summed E-state index contributed by atoms with van der Waals surface area (Å²) >= 11 is 0. The number of benzene rings is 1. The van der Waals surface area contributed by atoms with Gasteiger partial charge in [0, 0.05) is 12.7 Å². The third-order valence-electron chi connectivity index (χ3n) is 4.54. The summed E-state index contributed by atoms with van der Waals surface area (Å²) < 4.78 is 6.88. The molecule has 2 atom stereocenters. The van der Waals surface area contributed by atoms with Gasteiger partial charge in [-0.05, 0) is 37.3 Å². The highest BCUT2D eigenvalue weighted by atomic mass is 35.5. The number of carbonyl (C=O) groups excluding carboxylic acids is 1. The molecule has 1 aliphatic carbocycles. The number of hydrogen-bond acceptors (Lipinski definition) is 4. The van der Waals surface area contributed by atoms with Crippen molar-refractivity contribution in [1.29, 1.82) is 0 Å². The number of anilines is 1. The van der Waals surface area contributed by atoms with Crippen molar-refractivity contribution in [2.75, 3.05) is 19.0 Å². The van der Waals surface area contributed by atoms with Gasteiger partial charge in [0.05, 0.1) is 18.8 Å². The number of nitrogens with two attached hydrogens (primary N) is 1. The first-order chi connectivity index (χ1) is 11.6. The molecule has 3 N–H and O–H groups in total. The molecule has 0 fully saturated rings. The van der Waals surface area contributed by atoms with Crippen LogP contribution in [0.1, 0.15) is 35.6 Å². The summed E-state index contributed by atoms with van der Waals surface area (Å²) in [6, 6.07) is 7.89. The van der Waals surface area contributed by atoms with Crippen LogP contribution in [-0.4, -0.2) is 35.4 Å². The van der Waals surface area contributed by atoms with Gasteiger partial charge in [-0.1, -0.05) is 24.3 Å². The van der Waals surface area contributed by atoms with Crippen LogP contribution >= 0.6 is 12.4 Å². The number of ether oxygens (including phenoxy) is 1. The molecule has 1 amide bonds. The summed E-state index contributed by atoms with van der Waals surface area (Å²) in [6.07, 6.45) is 4.99. The third kappa shape index (κ3) is 4.03. The van der Waals surface area contributed by atoms with E-state index in [9.17, 15) is 4.79 Å². The van der Waals surface area contributed by atoms with Crippen molar-refractivity contribution in [1.82, 2.24) is 9.78 Å². The van der Waals surface area contributed by atoms with Crippen molar-refractivity contribution in [3.05, 3.63) is 47.2 Å². The average Bonchev–Trinajstić information content (AvgIpc) is 2.95. The van der Waals surface area contributed by atoms with Gasteiger partial charge in [-0.15, -0.1) is 12.4 Å². The summed E-state index contributed by atoms with van der Waals surface area (Å²) in [4.78, 5) is 12.3. The molecule has 0 saturated heterocycles. The Morgan fingerprint density at radius 3 is 3.00 bits per heavy atom. The first kappa shape index (κ1) is 19.4. The van der Waals surface area contributed by atoms with Gasteiger partial charge in [0.15, 0.2) is 0 Å². The standard InChI is InChI=1S/C18H24N4O2.ClH/c1-12-10-20-22(17(12)21-18(23)15(19)11-24-2)16-9-5-7-13-6-3-4-8-14(13)16;/h3-4,6,8,10,15-16H,5,7,9,11,19H2,1-2H3,(H,21,23);1H. The van der Waals surface area contributed by atoms with Gasteiger partial charge in [0.1, 0.15) is 11.9 Å². The second-order valence-corrected chi connectivity index (χ2v) is 6.28. The number of rotatable bonds is 5. The van der Waals surface area contributed by atoms with Gasteiger partial charge >= 0.3 is 0 Å². The molecule has 1 aliphatic rings. The Bertz CT molecular complexity index is 732. The first-order valence-electron chi connectivity index (χ1n) is 8.29. The lowest BCUT2D eigenvalue weighted by Crippen LogP contribution is -2.40. The smallest absolute Gasteiger partial charge is 0.244 e. The van der Waals surface area contributed by atoms with Crippen molar-refractivity contribution in [3.63, 3.8) is 0 Å². The molecule has 0 radical (unpaired) electrons. The van der Waals surface area contributed by atoms with Crippen LogP contribution in [0.25, 0.3) is 0 Å². The maximum atomic E-state index is 12.3. The van der Waals surface area contributed by atoms with Crippen molar-refractivity contribution in [3.8, 4) is 0 Å². The average molecular weight is 365 g/mol. The Morgan fingerprint density at radius 2 is 2.24 bits per heavy atom. The van der Waals surface area contributed by atoms with E-state index in [0.29, 0.717) is 5.82 Å². The van der Waals surface area contributed by atoms with E-state index >= 15 is 0 Å². The number of fused-ring (bicyclic) bond motifs is 1. The van der Waals surface area contributed by atoms with E-state index in [0.717, 1.165) is 24.8 Å². The zero-order chi connectivity index (χ0) is 17.1. The fourth-order valence-electron chi connectivity index (χ4n) is 3.29. The van der Waals surface area contributed by atoms with Crippen LogP contribution < -0.4 is 11.1 Å². The van der Waals surface area contributed by atoms with Crippen LogP contribution in [0.5, 0.6) is 0 Å². The van der Waals surface area contributed by atoms with Crippen LogP contribution in [0.4, 0.5) is 5.82 Å². The molecule has 1 heterocycles. The summed E-state index contributed by atoms with van der Waals surface area (Å²) in [7, 11) is 1.53. The number of halogens is 1. The van der Waals surface area contributed by atoms with E-state index in [1.165, 1.54) is 18.2 Å². The molecule has 3 rings (SSSR count). The first-order valence-corrected chi connectivity index (χ1v) is 8.29. The highest BCUT2D eigenvalue weighted by molar-refractivity contribution is 5.94. The molecule has 2 aromatic rings. The SMILES string of the molecule is COCC(N)C(=O)Nc1c(C)cnn1C1CCCc2ccccc21.Cl. The fraction of sp³-hybridized carbons (Fsp3) is 0.444. The Labute approximate surface area is 154 Å². The number of nitrogens with one attached hydrogen (secondary N) is 1. The lowest BCUT2D eigenvalue weighted by molar-refractivity contribution is -0.118. The Balaban J connectivity index is 0.00000225. The van der Waals surface area contributed by atoms with Gasteiger partial charge in [0.25, 0.3) is 0 Å². The molecule has 7 heteroatoms. The summed E-state index contributed by atoms with van der Waals surface area (Å²) in [5.74, 6) is 0.457. The molecular formula is C18H25ClN4O2. The minimum absolute atomic E-state index is 0. The Kier molecular flexibility index (Phi) is 6.58. The molecule has 136 valence electrons. The second-order valence-electron chi connectivity index (χ2n) is 6.28. The van der Waals surface area contributed by atoms with E-state index in [4.69, 9.17) is 10.5 Å². The van der Waals surface area contributed by atoms with Gasteiger partial charge in [0.2, 0.25) is 5.91 Å². The largest absolute Gasteiger partial charge is 0.383 e. The van der Waals surface area contributed by atoms with Crippen molar-refractivity contribution >= 4 is 24.1 Å². The summed E-state index contributed by atoms with van der Waals surface area (Å²) in [6.45, 7) is 2.13. The van der Waals surface area contributed by atoms with Crippen LogP contribution in [0, 0.1) is 6.92 Å². The molecule has 0 saturated carbocycles. The second kappa shape index (κ2) is 8.47. The van der Waals surface area contributed by atoms with E-state index < -0.39 is 6.04 Å². The van der Waals surface area contributed by atoms with Crippen molar-refractivity contribution in [2.45, 2.75) is 38.3 Å². The van der Waals surface area contributed by atoms with E-state index in [1.807, 2.05) is 11.6 Å². The van der Waals surface area contributed by atoms with Crippen LogP contribution in [0.15, 0.2) is 30.5 Å². The number of hydrogen-bond donors (Lipinski definition) is 2. The summed E-state index contributed by atoms with van der Waals surface area (Å²) in [5, 5.41) is 7.45. The predicted molar refractivity (Wildman–Crippen MR) is 100 cm³/mol. The number of aryl methyl sites for hydroxylation is 2. The normalized spacial score (nSPS) is 17.3. The quantitative estimate of drug-likeness (QED) is 0.853. The monoisotopic (exact) mass is 364 g/mol. The predicted octanol–water partition coefficient (Wildman–Crippen LogP) is 2.45. The molecular weight excluding hydrogens is 340 g/mol. The Hall–Kier alpha value is -1.89. The molecule has 2 unspecified atom stereocenters. The van der Waals surface area contributed by atoms with Crippen LogP contribution in [-0.2, 0) is 16.0 Å². The van der Waals surface area contributed by atoms with E-state index in [1.54, 1.807) is 6.20 Å². The number of amides is 1. The lowest BCUT2D eigenvalue weighted by Gasteiger charge is -2.27. The zero-order valence-electron chi connectivity index (χ0n) is 14.6. The fourth-order valence-corrected chi connectivity index (χ4v) is 3.29. The number of carbonyl (C=O) groups is 1. The molecule has 0 bridgehead atoms. The number of methoxy groups -OCH3 is 1. The van der Waals surface area contributed by atoms with Crippen molar-refractivity contribution < 1.29 is 9.53 Å². The molecule has 0 aliphatic heterocycles. The molecule has 1 aromatic carbocycles. The topological polar surface area (TPSA) is 82.2 Å². The van der Waals surface area contributed by atoms with Crippen LogP contribution in [0.2, 0.25) is 0 Å². The highest BCUT2D eigenvalue weighted by Crippen LogP contribution is 2.35. The zero-order valence-corrected chi connectivity index (χ0v) is 15.4. The van der Waals surface area contributed by atoms with Gasteiger partial charge < -0.3 is 15.8 Å². The minimum Gasteiger partial charge on any atom is -0.383 e. The molecule has 0 spiro atoms. The number of aromatic nitrogens is 2. The maximum Gasteiger partial charge on any atom is 0.244 e. The van der Waals surface area contributed by atoms with E-state index in [2.05, 4.69) is 34.7 Å². The minimum atomic E-state index is -0.698. The third-order valence-corrected chi connectivity index (χ3v) is 4.54. The van der Waals surface area contributed by atoms with Gasteiger partial charge in [-0.3, -0.25) is 4.79 Å². The highest BCUT2D eigenvalue weighted by Gasteiger charge is 2.26. The lowest BCUT2D eigenvalue weighted by atomic mass is 9.88. The van der Waals surface area contributed by atoms with Gasteiger partial charge in [-0.25, -0.2) is 4.68 Å². The molecule has 6 nitrogen and oxygen atoms in total. The maximum absolute atomic E-state index is 12.3. The number of nitrogens with zero attached hydrogens (tertiary/aromatic N) is 2.